The minimum atomic E-state index is -0.0166. The highest BCUT2D eigenvalue weighted by atomic mass is 16.5. The molecule has 0 radical (unpaired) electrons. The molecule has 1 aromatic carbocycles. The molecule has 0 saturated carbocycles. The molecule has 2 rings (SSSR count). The van der Waals surface area contributed by atoms with Gasteiger partial charge >= 0.3 is 0 Å². The minimum absolute atomic E-state index is 0.0166. The van der Waals surface area contributed by atoms with Crippen molar-refractivity contribution in [2.75, 3.05) is 12.0 Å². The first-order chi connectivity index (χ1) is 9.20. The fourth-order valence-corrected chi connectivity index (χ4v) is 1.84. The molecule has 0 aliphatic heterocycles. The summed E-state index contributed by atoms with van der Waals surface area (Å²) in [4.78, 5) is 17.6. The summed E-state index contributed by atoms with van der Waals surface area (Å²) in [6.45, 7) is 2.05. The summed E-state index contributed by atoms with van der Waals surface area (Å²) < 4.78 is 5.18. The minimum Gasteiger partial charge on any atom is -0.497 e. The molecule has 0 bridgehead atoms. The van der Waals surface area contributed by atoms with E-state index in [4.69, 9.17) is 4.74 Å². The Morgan fingerprint density at radius 1 is 1.32 bits per heavy atom. The van der Waals surface area contributed by atoms with Crippen molar-refractivity contribution in [3.8, 4) is 5.75 Å². The third kappa shape index (κ3) is 3.31. The lowest BCUT2D eigenvalue weighted by Crippen LogP contribution is -2.27. The molecule has 4 nitrogen and oxygen atoms in total. The summed E-state index contributed by atoms with van der Waals surface area (Å²) in [5, 5.41) is 0. The SMILES string of the molecule is COc1cccc(N(Cc2cccnc2)C(C)=O)c1. The standard InChI is InChI=1S/C15H16N2O2/c1-12(18)17(11-13-5-4-8-16-10-13)14-6-3-7-15(9-14)19-2/h3-10H,11H2,1-2H3. The van der Waals surface area contributed by atoms with Gasteiger partial charge < -0.3 is 9.64 Å². The molecule has 4 heteroatoms. The molecule has 1 heterocycles. The Bertz CT molecular complexity index is 555. The molecule has 0 saturated heterocycles. The third-order valence-electron chi connectivity index (χ3n) is 2.81. The Balaban J connectivity index is 2.27. The van der Waals surface area contributed by atoms with Crippen molar-refractivity contribution in [1.82, 2.24) is 4.98 Å². The predicted molar refractivity (Wildman–Crippen MR) is 74.1 cm³/mol. The Morgan fingerprint density at radius 2 is 2.16 bits per heavy atom. The zero-order valence-electron chi connectivity index (χ0n) is 11.0. The largest absolute Gasteiger partial charge is 0.497 e. The number of amides is 1. The van der Waals surface area contributed by atoms with Crippen LogP contribution in [0.25, 0.3) is 0 Å². The van der Waals surface area contributed by atoms with Gasteiger partial charge in [0, 0.05) is 31.1 Å². The van der Waals surface area contributed by atoms with Gasteiger partial charge in [-0.2, -0.15) is 0 Å². The van der Waals surface area contributed by atoms with Gasteiger partial charge in [0.05, 0.1) is 13.7 Å². The van der Waals surface area contributed by atoms with E-state index in [0.717, 1.165) is 17.0 Å². The van der Waals surface area contributed by atoms with Crippen LogP contribution in [0.3, 0.4) is 0 Å². The van der Waals surface area contributed by atoms with Crippen LogP contribution in [0.15, 0.2) is 48.8 Å². The average Bonchev–Trinajstić information content (AvgIpc) is 2.45. The number of hydrogen-bond acceptors (Lipinski definition) is 3. The Hall–Kier alpha value is -2.36. The molecule has 2 aromatic rings. The Morgan fingerprint density at radius 3 is 2.79 bits per heavy atom. The van der Waals surface area contributed by atoms with Crippen molar-refractivity contribution in [3.05, 3.63) is 54.4 Å². The number of carbonyl (C=O) groups is 1. The first-order valence-electron chi connectivity index (χ1n) is 6.02. The first-order valence-corrected chi connectivity index (χ1v) is 6.02. The summed E-state index contributed by atoms with van der Waals surface area (Å²) >= 11 is 0. The summed E-state index contributed by atoms with van der Waals surface area (Å²) in [6, 6.07) is 11.3. The third-order valence-corrected chi connectivity index (χ3v) is 2.81. The van der Waals surface area contributed by atoms with Crippen molar-refractivity contribution in [1.29, 1.82) is 0 Å². The van der Waals surface area contributed by atoms with Crippen LogP contribution < -0.4 is 9.64 Å². The number of benzene rings is 1. The fourth-order valence-electron chi connectivity index (χ4n) is 1.84. The maximum atomic E-state index is 11.8. The number of anilines is 1. The van der Waals surface area contributed by atoms with E-state index in [1.807, 2.05) is 36.4 Å². The van der Waals surface area contributed by atoms with Crippen LogP contribution in [-0.2, 0) is 11.3 Å². The zero-order valence-corrected chi connectivity index (χ0v) is 11.0. The number of ether oxygens (including phenoxy) is 1. The molecule has 0 atom stereocenters. The molecule has 98 valence electrons. The average molecular weight is 256 g/mol. The Labute approximate surface area is 112 Å². The lowest BCUT2D eigenvalue weighted by molar-refractivity contribution is -0.116. The van der Waals surface area contributed by atoms with Crippen molar-refractivity contribution < 1.29 is 9.53 Å². The number of hydrogen-bond donors (Lipinski definition) is 0. The van der Waals surface area contributed by atoms with Crippen molar-refractivity contribution in [3.63, 3.8) is 0 Å². The van der Waals surface area contributed by atoms with E-state index in [1.165, 1.54) is 0 Å². The number of nitrogens with zero attached hydrogens (tertiary/aromatic N) is 2. The smallest absolute Gasteiger partial charge is 0.224 e. The molecule has 0 unspecified atom stereocenters. The molecule has 19 heavy (non-hydrogen) atoms. The molecular weight excluding hydrogens is 240 g/mol. The van der Waals surface area contributed by atoms with Crippen LogP contribution in [0.4, 0.5) is 5.69 Å². The summed E-state index contributed by atoms with van der Waals surface area (Å²) in [7, 11) is 1.61. The number of rotatable bonds is 4. The molecule has 0 spiro atoms. The van der Waals surface area contributed by atoms with Crippen LogP contribution in [0.2, 0.25) is 0 Å². The Kier molecular flexibility index (Phi) is 4.13. The van der Waals surface area contributed by atoms with E-state index in [1.54, 1.807) is 31.3 Å². The molecule has 1 aromatic heterocycles. The molecule has 0 aliphatic carbocycles. The summed E-state index contributed by atoms with van der Waals surface area (Å²) in [5.41, 5.74) is 1.80. The van der Waals surface area contributed by atoms with E-state index < -0.39 is 0 Å². The van der Waals surface area contributed by atoms with Gasteiger partial charge in [-0.15, -0.1) is 0 Å². The van der Waals surface area contributed by atoms with Crippen LogP contribution in [0.5, 0.6) is 5.75 Å². The maximum Gasteiger partial charge on any atom is 0.224 e. The van der Waals surface area contributed by atoms with Gasteiger partial charge in [-0.3, -0.25) is 9.78 Å². The molecule has 1 amide bonds. The normalized spacial score (nSPS) is 10.0. The second kappa shape index (κ2) is 6.00. The van der Waals surface area contributed by atoms with Crippen molar-refractivity contribution in [2.45, 2.75) is 13.5 Å². The number of carbonyl (C=O) groups excluding carboxylic acids is 1. The van der Waals surface area contributed by atoms with Gasteiger partial charge in [0.15, 0.2) is 0 Å². The number of aromatic nitrogens is 1. The van der Waals surface area contributed by atoms with Gasteiger partial charge in [-0.05, 0) is 23.8 Å². The van der Waals surface area contributed by atoms with Crippen LogP contribution >= 0.6 is 0 Å². The highest BCUT2D eigenvalue weighted by Crippen LogP contribution is 2.22. The summed E-state index contributed by atoms with van der Waals surface area (Å²) in [6.07, 6.45) is 3.48. The molecule has 0 fully saturated rings. The number of methoxy groups -OCH3 is 1. The van der Waals surface area contributed by atoms with E-state index >= 15 is 0 Å². The van der Waals surface area contributed by atoms with Crippen molar-refractivity contribution in [2.24, 2.45) is 0 Å². The lowest BCUT2D eigenvalue weighted by atomic mass is 10.2. The van der Waals surface area contributed by atoms with Crippen LogP contribution in [-0.4, -0.2) is 18.0 Å². The molecular formula is C15H16N2O2. The van der Waals surface area contributed by atoms with Crippen LogP contribution in [0, 0.1) is 0 Å². The first kappa shape index (κ1) is 13.1. The highest BCUT2D eigenvalue weighted by molar-refractivity contribution is 5.91. The highest BCUT2D eigenvalue weighted by Gasteiger charge is 2.12. The van der Waals surface area contributed by atoms with Gasteiger partial charge in [0.2, 0.25) is 5.91 Å². The predicted octanol–water partition coefficient (Wildman–Crippen LogP) is 2.64. The topological polar surface area (TPSA) is 42.4 Å². The van der Waals surface area contributed by atoms with Gasteiger partial charge in [-0.1, -0.05) is 12.1 Å². The van der Waals surface area contributed by atoms with Gasteiger partial charge in [0.25, 0.3) is 0 Å². The van der Waals surface area contributed by atoms with Crippen molar-refractivity contribution >= 4 is 11.6 Å². The second-order valence-corrected chi connectivity index (χ2v) is 4.17. The monoisotopic (exact) mass is 256 g/mol. The van der Waals surface area contributed by atoms with Gasteiger partial charge in [0.1, 0.15) is 5.75 Å². The zero-order chi connectivity index (χ0) is 13.7. The van der Waals surface area contributed by atoms with Crippen LogP contribution in [0.1, 0.15) is 12.5 Å². The molecule has 0 N–H and O–H groups in total. The van der Waals surface area contributed by atoms with E-state index in [-0.39, 0.29) is 5.91 Å². The quantitative estimate of drug-likeness (QED) is 0.844. The van der Waals surface area contributed by atoms with E-state index in [9.17, 15) is 4.79 Å². The summed E-state index contributed by atoms with van der Waals surface area (Å²) in [5.74, 6) is 0.715. The molecule has 0 aliphatic rings. The maximum absolute atomic E-state index is 11.8. The van der Waals surface area contributed by atoms with Gasteiger partial charge in [-0.25, -0.2) is 0 Å². The van der Waals surface area contributed by atoms with E-state index in [2.05, 4.69) is 4.98 Å². The second-order valence-electron chi connectivity index (χ2n) is 4.17. The fraction of sp³-hybridized carbons (Fsp3) is 0.200. The lowest BCUT2D eigenvalue weighted by Gasteiger charge is -2.21. The van der Waals surface area contributed by atoms with E-state index in [0.29, 0.717) is 6.54 Å². The number of pyridine rings is 1.